The molecule has 3 aliphatic carbocycles. The highest BCUT2D eigenvalue weighted by atomic mass is 16.7. The standard InChI is InChI=1S/C33H51NO6/c1-7-22-9-8-10-30(40-32-12-11-29(34(5)6)20(4)38-32)19(3)33(37)28-16-26-24(27(28)17-31(36)39-22)13-18(2)23-14-21(35)15-25(23)26/h13,16,19-27,29-30,32,35H,7-12,14-15,17H2,1-6H3/t19-,20-,21-,22+,23+,24-,25-,26-,27+,29+,30+,32+/m1/s1. The Balaban J connectivity index is 1.41. The fourth-order valence-electron chi connectivity index (χ4n) is 8.57. The van der Waals surface area contributed by atoms with Crippen molar-refractivity contribution in [3.8, 4) is 0 Å². The minimum atomic E-state index is -0.329. The molecule has 0 radical (unpaired) electrons. The number of carbonyl (C=O) groups excluding carboxylic acids is 2. The van der Waals surface area contributed by atoms with Crippen LogP contribution in [0.15, 0.2) is 23.3 Å². The number of likely N-dealkylation sites (N-methyl/N-ethyl adjacent to an activating group) is 1. The van der Waals surface area contributed by atoms with Gasteiger partial charge in [-0.25, -0.2) is 0 Å². The van der Waals surface area contributed by atoms with E-state index in [0.29, 0.717) is 17.9 Å². The van der Waals surface area contributed by atoms with Gasteiger partial charge in [0, 0.05) is 17.9 Å². The van der Waals surface area contributed by atoms with Crippen molar-refractivity contribution in [2.45, 2.75) is 122 Å². The van der Waals surface area contributed by atoms with Crippen LogP contribution in [0.3, 0.4) is 0 Å². The second-order valence-electron chi connectivity index (χ2n) is 13.6. The number of carbonyl (C=O) groups is 2. The topological polar surface area (TPSA) is 85.3 Å². The highest BCUT2D eigenvalue weighted by Crippen LogP contribution is 2.55. The molecule has 3 fully saturated rings. The molecule has 224 valence electrons. The summed E-state index contributed by atoms with van der Waals surface area (Å²) in [7, 11) is 4.18. The molecule has 2 heterocycles. The first-order valence-electron chi connectivity index (χ1n) is 15.9. The lowest BCUT2D eigenvalue weighted by Crippen LogP contribution is -2.47. The van der Waals surface area contributed by atoms with Crippen LogP contribution in [0.2, 0.25) is 0 Å². The zero-order chi connectivity index (χ0) is 28.7. The predicted molar refractivity (Wildman–Crippen MR) is 153 cm³/mol. The summed E-state index contributed by atoms with van der Waals surface area (Å²) in [6.45, 7) is 8.34. The van der Waals surface area contributed by atoms with Crippen molar-refractivity contribution in [3.63, 3.8) is 0 Å². The molecule has 2 aliphatic heterocycles. The summed E-state index contributed by atoms with van der Waals surface area (Å²) in [6, 6.07) is 0.359. The summed E-state index contributed by atoms with van der Waals surface area (Å²) in [6.07, 6.45) is 10.3. The molecule has 0 spiro atoms. The summed E-state index contributed by atoms with van der Waals surface area (Å²) < 4.78 is 18.9. The van der Waals surface area contributed by atoms with Crippen molar-refractivity contribution >= 4 is 11.8 Å². The second kappa shape index (κ2) is 12.4. The van der Waals surface area contributed by atoms with Gasteiger partial charge in [-0.1, -0.05) is 31.6 Å². The van der Waals surface area contributed by atoms with Crippen molar-refractivity contribution in [1.82, 2.24) is 4.90 Å². The van der Waals surface area contributed by atoms with Gasteiger partial charge in [0.2, 0.25) is 0 Å². The lowest BCUT2D eigenvalue weighted by Gasteiger charge is -2.40. The first-order valence-corrected chi connectivity index (χ1v) is 15.9. The number of ketones is 1. The Morgan fingerprint density at radius 2 is 1.80 bits per heavy atom. The molecule has 1 N–H and O–H groups in total. The highest BCUT2D eigenvalue weighted by molar-refractivity contribution is 5.99. The Kier molecular flexibility index (Phi) is 9.25. The summed E-state index contributed by atoms with van der Waals surface area (Å²) in [5.41, 5.74) is 2.07. The van der Waals surface area contributed by atoms with E-state index in [1.807, 2.05) is 6.92 Å². The lowest BCUT2D eigenvalue weighted by molar-refractivity contribution is -0.231. The Hall–Kier alpha value is -1.54. The lowest BCUT2D eigenvalue weighted by atomic mass is 9.67. The fourth-order valence-corrected chi connectivity index (χ4v) is 8.57. The van der Waals surface area contributed by atoms with E-state index in [0.717, 1.165) is 56.9 Å². The third kappa shape index (κ3) is 5.99. The van der Waals surface area contributed by atoms with Gasteiger partial charge in [0.1, 0.15) is 6.10 Å². The molecule has 40 heavy (non-hydrogen) atoms. The first-order chi connectivity index (χ1) is 19.1. The van der Waals surface area contributed by atoms with Gasteiger partial charge < -0.3 is 24.2 Å². The number of nitrogens with zero attached hydrogens (tertiary/aromatic N) is 1. The number of rotatable bonds is 4. The molecule has 0 amide bonds. The normalized spacial score (nSPS) is 44.5. The van der Waals surface area contributed by atoms with Gasteiger partial charge in [-0.2, -0.15) is 0 Å². The van der Waals surface area contributed by atoms with Crippen LogP contribution in [0.4, 0.5) is 0 Å². The fraction of sp³-hybridized carbons (Fsp3) is 0.818. The van der Waals surface area contributed by atoms with E-state index in [2.05, 4.69) is 51.9 Å². The zero-order valence-corrected chi connectivity index (χ0v) is 25.4. The number of Topliss-reactive ketones (excluding diaryl/α,β-unsaturated/α-hetero) is 1. The van der Waals surface area contributed by atoms with Crippen molar-refractivity contribution in [2.75, 3.05) is 14.1 Å². The number of hydrogen-bond acceptors (Lipinski definition) is 7. The van der Waals surface area contributed by atoms with Crippen molar-refractivity contribution in [1.29, 1.82) is 0 Å². The predicted octanol–water partition coefficient (Wildman–Crippen LogP) is 5.06. The number of cyclic esters (lactones) is 1. The molecule has 1 saturated carbocycles. The number of aliphatic hydroxyl groups is 1. The number of ether oxygens (including phenoxy) is 3. The Morgan fingerprint density at radius 3 is 2.50 bits per heavy atom. The van der Waals surface area contributed by atoms with Crippen LogP contribution < -0.4 is 0 Å². The van der Waals surface area contributed by atoms with Crippen molar-refractivity contribution in [2.24, 2.45) is 35.5 Å². The minimum Gasteiger partial charge on any atom is -0.462 e. The molecule has 0 unspecified atom stereocenters. The molecule has 0 aromatic heterocycles. The summed E-state index contributed by atoms with van der Waals surface area (Å²) in [5, 5.41) is 10.5. The molecule has 2 saturated heterocycles. The van der Waals surface area contributed by atoms with E-state index in [-0.39, 0.29) is 72.6 Å². The molecule has 0 aromatic carbocycles. The van der Waals surface area contributed by atoms with Crippen LogP contribution in [0, 0.1) is 35.5 Å². The SMILES string of the molecule is CC[C@H]1CCC[C@H](O[C@H]2CC[C@H](N(C)C)[C@@H](C)O2)[C@@H](C)C(=O)C2=C[C@@H]3[C@@H](C=C(C)[C@@H]4C[C@@H](O)C[C@@H]34)[C@@H]2CC(=O)O1. The molecule has 0 bridgehead atoms. The van der Waals surface area contributed by atoms with Crippen LogP contribution in [-0.2, 0) is 23.8 Å². The van der Waals surface area contributed by atoms with Crippen LogP contribution in [0.5, 0.6) is 0 Å². The van der Waals surface area contributed by atoms with Crippen molar-refractivity contribution < 1.29 is 28.9 Å². The van der Waals surface area contributed by atoms with Crippen LogP contribution in [-0.4, -0.2) is 72.6 Å². The molecular weight excluding hydrogens is 506 g/mol. The van der Waals surface area contributed by atoms with Crippen LogP contribution in [0.25, 0.3) is 0 Å². The Labute approximate surface area is 240 Å². The maximum atomic E-state index is 14.3. The maximum Gasteiger partial charge on any atom is 0.306 e. The number of hydrogen-bond donors (Lipinski definition) is 1. The second-order valence-corrected chi connectivity index (χ2v) is 13.6. The number of allylic oxidation sites excluding steroid dienone is 4. The smallest absolute Gasteiger partial charge is 0.306 e. The summed E-state index contributed by atoms with van der Waals surface area (Å²) in [5.74, 6) is 0.321. The number of aliphatic hydroxyl groups excluding tert-OH is 1. The number of esters is 1. The Bertz CT molecular complexity index is 1000. The minimum absolute atomic E-state index is 0.0599. The van der Waals surface area contributed by atoms with E-state index < -0.39 is 0 Å². The molecule has 7 heteroatoms. The largest absolute Gasteiger partial charge is 0.462 e. The van der Waals surface area contributed by atoms with Gasteiger partial charge in [0.25, 0.3) is 0 Å². The molecule has 7 nitrogen and oxygen atoms in total. The van der Waals surface area contributed by atoms with Crippen LogP contribution >= 0.6 is 0 Å². The monoisotopic (exact) mass is 557 g/mol. The van der Waals surface area contributed by atoms with E-state index >= 15 is 0 Å². The van der Waals surface area contributed by atoms with Gasteiger partial charge in [-0.3, -0.25) is 9.59 Å². The van der Waals surface area contributed by atoms with E-state index in [9.17, 15) is 14.7 Å². The average molecular weight is 558 g/mol. The summed E-state index contributed by atoms with van der Waals surface area (Å²) >= 11 is 0. The molecule has 5 aliphatic rings. The molecular formula is C33H51NO6. The van der Waals surface area contributed by atoms with Gasteiger partial charge in [-0.05, 0) is 109 Å². The molecule has 0 aromatic rings. The van der Waals surface area contributed by atoms with E-state index in [4.69, 9.17) is 14.2 Å². The van der Waals surface area contributed by atoms with Gasteiger partial charge in [0.05, 0.1) is 24.7 Å². The molecule has 5 rings (SSSR count). The van der Waals surface area contributed by atoms with Gasteiger partial charge in [-0.15, -0.1) is 0 Å². The highest BCUT2D eigenvalue weighted by Gasteiger charge is 2.51. The number of fused-ring (bicyclic) bond motifs is 5. The summed E-state index contributed by atoms with van der Waals surface area (Å²) in [4.78, 5) is 29.7. The maximum absolute atomic E-state index is 14.3. The van der Waals surface area contributed by atoms with Crippen molar-refractivity contribution in [3.05, 3.63) is 23.3 Å². The third-order valence-corrected chi connectivity index (χ3v) is 10.8. The first kappa shape index (κ1) is 29.9. The average Bonchev–Trinajstić information content (AvgIpc) is 3.46. The zero-order valence-electron chi connectivity index (χ0n) is 25.4. The quantitative estimate of drug-likeness (QED) is 0.382. The van der Waals surface area contributed by atoms with E-state index in [1.165, 1.54) is 5.57 Å². The van der Waals surface area contributed by atoms with Gasteiger partial charge >= 0.3 is 5.97 Å². The van der Waals surface area contributed by atoms with Crippen LogP contribution in [0.1, 0.15) is 85.5 Å². The van der Waals surface area contributed by atoms with E-state index in [1.54, 1.807) is 0 Å². The third-order valence-electron chi connectivity index (χ3n) is 10.8. The Morgan fingerprint density at radius 1 is 1.02 bits per heavy atom. The molecule has 12 atom stereocenters. The van der Waals surface area contributed by atoms with Gasteiger partial charge in [0.15, 0.2) is 12.1 Å².